The molecular weight excluding hydrogens is 334 g/mol. The molecule has 0 aromatic heterocycles. The Morgan fingerprint density at radius 1 is 1.15 bits per heavy atom. The fourth-order valence-electron chi connectivity index (χ4n) is 3.64. The van der Waals surface area contributed by atoms with Crippen LogP contribution in [-0.4, -0.2) is 72.8 Å². The summed E-state index contributed by atoms with van der Waals surface area (Å²) in [5.74, 6) is -0.00589. The summed E-state index contributed by atoms with van der Waals surface area (Å²) in [7, 11) is 0. The molecule has 2 fully saturated rings. The first kappa shape index (κ1) is 21.0. The number of likely N-dealkylation sites (tertiary alicyclic amines) is 1. The van der Waals surface area contributed by atoms with Gasteiger partial charge in [0.2, 0.25) is 5.91 Å². The molecular formula is C19H35N3O4. The van der Waals surface area contributed by atoms with Gasteiger partial charge in [-0.05, 0) is 53.0 Å². The van der Waals surface area contributed by atoms with E-state index in [-0.39, 0.29) is 24.0 Å². The molecule has 7 heteroatoms. The van der Waals surface area contributed by atoms with E-state index in [1.54, 1.807) is 4.90 Å². The van der Waals surface area contributed by atoms with Gasteiger partial charge in [0.15, 0.2) is 0 Å². The standard InChI is InChI=1S/C19H35N3O4/c1-19(2,3)26-18(24)22-14-15(7-8-16(22)6-4-5-9-20)17(23)21-10-12-25-13-11-21/h15-16H,4-14,20H2,1-3H3. The number of nitrogens with zero attached hydrogens (tertiary/aromatic N) is 2. The number of amides is 2. The topological polar surface area (TPSA) is 85.1 Å². The van der Waals surface area contributed by atoms with Gasteiger partial charge in [0.05, 0.1) is 19.1 Å². The lowest BCUT2D eigenvalue weighted by atomic mass is 9.89. The van der Waals surface area contributed by atoms with Crippen LogP contribution in [0.3, 0.4) is 0 Å². The van der Waals surface area contributed by atoms with Crippen LogP contribution in [0.5, 0.6) is 0 Å². The largest absolute Gasteiger partial charge is 0.444 e. The Kier molecular flexibility index (Phi) is 7.70. The van der Waals surface area contributed by atoms with Crippen molar-refractivity contribution in [2.75, 3.05) is 39.4 Å². The number of nitrogens with two attached hydrogens (primary N) is 1. The number of unbranched alkanes of at least 4 members (excludes halogenated alkanes) is 1. The van der Waals surface area contributed by atoms with Crippen LogP contribution >= 0.6 is 0 Å². The highest BCUT2D eigenvalue weighted by Crippen LogP contribution is 2.28. The number of hydrogen-bond donors (Lipinski definition) is 1. The van der Waals surface area contributed by atoms with Gasteiger partial charge in [-0.3, -0.25) is 4.79 Å². The Morgan fingerprint density at radius 3 is 2.46 bits per heavy atom. The number of carbonyl (C=O) groups is 2. The van der Waals surface area contributed by atoms with Gasteiger partial charge in [0, 0.05) is 25.7 Å². The van der Waals surface area contributed by atoms with Gasteiger partial charge in [-0.2, -0.15) is 0 Å². The molecule has 2 unspecified atom stereocenters. The summed E-state index contributed by atoms with van der Waals surface area (Å²) in [5.41, 5.74) is 5.06. The van der Waals surface area contributed by atoms with E-state index >= 15 is 0 Å². The second-order valence-electron chi connectivity index (χ2n) is 8.28. The minimum atomic E-state index is -0.542. The monoisotopic (exact) mass is 369 g/mol. The molecule has 150 valence electrons. The lowest BCUT2D eigenvalue weighted by Gasteiger charge is -2.41. The van der Waals surface area contributed by atoms with Crippen LogP contribution in [-0.2, 0) is 14.3 Å². The maximum absolute atomic E-state index is 12.8. The molecule has 2 aliphatic rings. The van der Waals surface area contributed by atoms with Gasteiger partial charge >= 0.3 is 6.09 Å². The summed E-state index contributed by atoms with van der Waals surface area (Å²) in [6.07, 6.45) is 4.20. The highest BCUT2D eigenvalue weighted by molar-refractivity contribution is 5.80. The summed E-state index contributed by atoms with van der Waals surface area (Å²) in [4.78, 5) is 29.2. The van der Waals surface area contributed by atoms with Crippen molar-refractivity contribution >= 4 is 12.0 Å². The lowest BCUT2D eigenvalue weighted by molar-refractivity contribution is -0.141. The zero-order chi connectivity index (χ0) is 19.2. The first-order valence-electron chi connectivity index (χ1n) is 9.88. The molecule has 2 atom stereocenters. The van der Waals surface area contributed by atoms with Crippen molar-refractivity contribution in [3.63, 3.8) is 0 Å². The van der Waals surface area contributed by atoms with E-state index in [0.717, 1.165) is 32.1 Å². The minimum absolute atomic E-state index is 0.130. The lowest BCUT2D eigenvalue weighted by Crippen LogP contribution is -2.53. The summed E-state index contributed by atoms with van der Waals surface area (Å²) in [6, 6.07) is 0.130. The molecule has 0 aliphatic carbocycles. The van der Waals surface area contributed by atoms with Crippen molar-refractivity contribution in [1.82, 2.24) is 9.80 Å². The van der Waals surface area contributed by atoms with Crippen LogP contribution in [0.1, 0.15) is 52.9 Å². The van der Waals surface area contributed by atoms with Crippen LogP contribution in [0.25, 0.3) is 0 Å². The Labute approximate surface area is 157 Å². The summed E-state index contributed by atoms with van der Waals surface area (Å²) >= 11 is 0. The molecule has 0 aromatic carbocycles. The molecule has 7 nitrogen and oxygen atoms in total. The SMILES string of the molecule is CC(C)(C)OC(=O)N1CC(C(=O)N2CCOCC2)CCC1CCCCN. The highest BCUT2D eigenvalue weighted by atomic mass is 16.6. The fraction of sp³-hybridized carbons (Fsp3) is 0.895. The predicted molar refractivity (Wildman–Crippen MR) is 99.8 cm³/mol. The van der Waals surface area contributed by atoms with Crippen molar-refractivity contribution in [2.24, 2.45) is 11.7 Å². The molecule has 26 heavy (non-hydrogen) atoms. The Bertz CT molecular complexity index is 472. The molecule has 2 saturated heterocycles. The molecule has 2 heterocycles. The summed E-state index contributed by atoms with van der Waals surface area (Å²) < 4.78 is 10.9. The van der Waals surface area contributed by atoms with Gasteiger partial charge in [-0.1, -0.05) is 6.42 Å². The fourth-order valence-corrected chi connectivity index (χ4v) is 3.64. The average molecular weight is 370 g/mol. The van der Waals surface area contributed by atoms with Gasteiger partial charge < -0.3 is 25.0 Å². The van der Waals surface area contributed by atoms with Crippen LogP contribution in [0.2, 0.25) is 0 Å². The highest BCUT2D eigenvalue weighted by Gasteiger charge is 2.38. The second kappa shape index (κ2) is 9.55. The summed E-state index contributed by atoms with van der Waals surface area (Å²) in [6.45, 7) is 9.18. The normalized spacial score (nSPS) is 24.5. The Balaban J connectivity index is 2.02. The van der Waals surface area contributed by atoms with Gasteiger partial charge in [-0.25, -0.2) is 4.79 Å². The van der Waals surface area contributed by atoms with Crippen LogP contribution in [0, 0.1) is 5.92 Å². The van der Waals surface area contributed by atoms with Crippen molar-refractivity contribution in [2.45, 2.75) is 64.5 Å². The molecule has 2 N–H and O–H groups in total. The van der Waals surface area contributed by atoms with E-state index in [1.165, 1.54) is 0 Å². The third-order valence-electron chi connectivity index (χ3n) is 5.00. The zero-order valence-electron chi connectivity index (χ0n) is 16.5. The Morgan fingerprint density at radius 2 is 1.85 bits per heavy atom. The first-order valence-corrected chi connectivity index (χ1v) is 9.88. The van der Waals surface area contributed by atoms with Gasteiger partial charge in [0.25, 0.3) is 0 Å². The third-order valence-corrected chi connectivity index (χ3v) is 5.00. The number of piperidine rings is 1. The number of ether oxygens (including phenoxy) is 2. The third kappa shape index (κ3) is 6.13. The summed E-state index contributed by atoms with van der Waals surface area (Å²) in [5, 5.41) is 0. The van der Waals surface area contributed by atoms with Crippen LogP contribution in [0.15, 0.2) is 0 Å². The van der Waals surface area contributed by atoms with Crippen molar-refractivity contribution < 1.29 is 19.1 Å². The Hall–Kier alpha value is -1.34. The number of hydrogen-bond acceptors (Lipinski definition) is 5. The maximum atomic E-state index is 12.8. The van der Waals surface area contributed by atoms with Crippen LogP contribution in [0.4, 0.5) is 4.79 Å². The molecule has 2 amide bonds. The molecule has 2 aliphatic heterocycles. The van der Waals surface area contributed by atoms with Gasteiger partial charge in [-0.15, -0.1) is 0 Å². The molecule has 2 rings (SSSR count). The van der Waals surface area contributed by atoms with E-state index in [1.807, 2.05) is 25.7 Å². The molecule has 0 saturated carbocycles. The number of rotatable bonds is 5. The van der Waals surface area contributed by atoms with Crippen molar-refractivity contribution in [3.05, 3.63) is 0 Å². The smallest absolute Gasteiger partial charge is 0.410 e. The van der Waals surface area contributed by atoms with E-state index < -0.39 is 5.60 Å². The average Bonchev–Trinajstić information content (AvgIpc) is 2.61. The minimum Gasteiger partial charge on any atom is -0.444 e. The van der Waals surface area contributed by atoms with Crippen LogP contribution < -0.4 is 5.73 Å². The quantitative estimate of drug-likeness (QED) is 0.749. The van der Waals surface area contributed by atoms with Gasteiger partial charge in [0.1, 0.15) is 5.60 Å². The molecule has 0 bridgehead atoms. The van der Waals surface area contributed by atoms with Crippen molar-refractivity contribution in [1.29, 1.82) is 0 Å². The maximum Gasteiger partial charge on any atom is 0.410 e. The zero-order valence-corrected chi connectivity index (χ0v) is 16.5. The van der Waals surface area contributed by atoms with E-state index in [0.29, 0.717) is 39.4 Å². The predicted octanol–water partition coefficient (Wildman–Crippen LogP) is 1.99. The van der Waals surface area contributed by atoms with Crippen molar-refractivity contribution in [3.8, 4) is 0 Å². The van der Waals surface area contributed by atoms with E-state index in [2.05, 4.69) is 0 Å². The van der Waals surface area contributed by atoms with E-state index in [4.69, 9.17) is 15.2 Å². The molecule has 0 aromatic rings. The second-order valence-corrected chi connectivity index (χ2v) is 8.28. The molecule has 0 spiro atoms. The van der Waals surface area contributed by atoms with E-state index in [9.17, 15) is 9.59 Å². The number of carbonyl (C=O) groups excluding carboxylic acids is 2. The number of morpholine rings is 1. The molecule has 0 radical (unpaired) electrons. The first-order chi connectivity index (χ1) is 12.3.